The summed E-state index contributed by atoms with van der Waals surface area (Å²) in [6.45, 7) is 4.67. The van der Waals surface area contributed by atoms with Crippen LogP contribution in [0.5, 0.6) is 0 Å². The SMILES string of the molecule is COC(=O)/C=C/CC(C(=O)OCc1ccccc1)(C(=O)OCc1ccccc1)[C@H](NC(=O)OC(C)(C)C)c1cccc(Cl)c1. The van der Waals surface area contributed by atoms with Crippen LogP contribution in [0.15, 0.2) is 97.1 Å². The lowest BCUT2D eigenvalue weighted by molar-refractivity contribution is -0.177. The number of esters is 3. The van der Waals surface area contributed by atoms with Gasteiger partial charge in [0.2, 0.25) is 0 Å². The van der Waals surface area contributed by atoms with Gasteiger partial charge in [-0.05, 0) is 56.0 Å². The van der Waals surface area contributed by atoms with Gasteiger partial charge in [0.05, 0.1) is 13.2 Å². The minimum absolute atomic E-state index is 0.178. The quantitative estimate of drug-likeness (QED) is 0.105. The van der Waals surface area contributed by atoms with E-state index in [0.29, 0.717) is 16.7 Å². The average molecular weight is 622 g/mol. The molecule has 0 aromatic heterocycles. The zero-order valence-corrected chi connectivity index (χ0v) is 25.8. The van der Waals surface area contributed by atoms with Gasteiger partial charge in [0.1, 0.15) is 18.8 Å². The summed E-state index contributed by atoms with van der Waals surface area (Å²) in [7, 11) is 1.20. The van der Waals surface area contributed by atoms with Crippen molar-refractivity contribution in [3.8, 4) is 0 Å². The van der Waals surface area contributed by atoms with Gasteiger partial charge in [-0.25, -0.2) is 9.59 Å². The van der Waals surface area contributed by atoms with Gasteiger partial charge in [-0.1, -0.05) is 90.5 Å². The lowest BCUT2D eigenvalue weighted by Crippen LogP contribution is -2.53. The molecule has 10 heteroatoms. The maximum atomic E-state index is 14.3. The van der Waals surface area contributed by atoms with Crippen LogP contribution in [0.25, 0.3) is 0 Å². The molecule has 3 aromatic rings. The number of ether oxygens (including phenoxy) is 4. The highest BCUT2D eigenvalue weighted by molar-refractivity contribution is 6.30. The van der Waals surface area contributed by atoms with Crippen LogP contribution in [0.3, 0.4) is 0 Å². The van der Waals surface area contributed by atoms with Gasteiger partial charge in [0.15, 0.2) is 5.41 Å². The Labute approximate surface area is 262 Å². The van der Waals surface area contributed by atoms with Crippen molar-refractivity contribution in [1.29, 1.82) is 0 Å². The van der Waals surface area contributed by atoms with Gasteiger partial charge in [-0.2, -0.15) is 0 Å². The fourth-order valence-electron chi connectivity index (χ4n) is 4.32. The summed E-state index contributed by atoms with van der Waals surface area (Å²) in [6.07, 6.45) is 1.05. The number of alkyl carbamates (subject to hydrolysis) is 1. The normalized spacial score (nSPS) is 12.2. The molecule has 1 N–H and O–H groups in total. The zero-order valence-electron chi connectivity index (χ0n) is 25.1. The molecule has 3 rings (SSSR count). The first-order valence-corrected chi connectivity index (χ1v) is 14.2. The van der Waals surface area contributed by atoms with Crippen LogP contribution in [-0.2, 0) is 46.5 Å². The van der Waals surface area contributed by atoms with Crippen molar-refractivity contribution in [2.24, 2.45) is 5.41 Å². The molecule has 0 fully saturated rings. The Morgan fingerprint density at radius 3 is 1.84 bits per heavy atom. The summed E-state index contributed by atoms with van der Waals surface area (Å²) < 4.78 is 21.7. The number of amides is 1. The second-order valence-electron chi connectivity index (χ2n) is 10.9. The minimum Gasteiger partial charge on any atom is -0.466 e. The second kappa shape index (κ2) is 15.7. The Balaban J connectivity index is 2.19. The van der Waals surface area contributed by atoms with E-state index in [-0.39, 0.29) is 18.2 Å². The number of carbonyl (C=O) groups is 4. The van der Waals surface area contributed by atoms with Gasteiger partial charge in [-0.15, -0.1) is 0 Å². The van der Waals surface area contributed by atoms with Gasteiger partial charge in [0, 0.05) is 11.1 Å². The maximum Gasteiger partial charge on any atom is 0.408 e. The molecule has 44 heavy (non-hydrogen) atoms. The van der Waals surface area contributed by atoms with Crippen LogP contribution in [0.2, 0.25) is 5.02 Å². The highest BCUT2D eigenvalue weighted by Crippen LogP contribution is 2.42. The highest BCUT2D eigenvalue weighted by Gasteiger charge is 2.56. The minimum atomic E-state index is -2.25. The van der Waals surface area contributed by atoms with Gasteiger partial charge >= 0.3 is 24.0 Å². The average Bonchev–Trinajstić information content (AvgIpc) is 3.00. The number of methoxy groups -OCH3 is 1. The van der Waals surface area contributed by atoms with Gasteiger partial charge in [-0.3, -0.25) is 9.59 Å². The van der Waals surface area contributed by atoms with Crippen molar-refractivity contribution < 1.29 is 38.1 Å². The molecule has 0 bridgehead atoms. The van der Waals surface area contributed by atoms with Crippen molar-refractivity contribution in [3.05, 3.63) is 119 Å². The Bertz CT molecular complexity index is 1400. The van der Waals surface area contributed by atoms with Crippen molar-refractivity contribution in [3.63, 3.8) is 0 Å². The molecule has 0 spiro atoms. The second-order valence-corrected chi connectivity index (χ2v) is 11.3. The summed E-state index contributed by atoms with van der Waals surface area (Å²) in [5, 5.41) is 2.98. The van der Waals surface area contributed by atoms with E-state index < -0.39 is 47.5 Å². The van der Waals surface area contributed by atoms with Crippen molar-refractivity contribution in [2.75, 3.05) is 7.11 Å². The van der Waals surface area contributed by atoms with Crippen molar-refractivity contribution in [2.45, 2.75) is 52.0 Å². The third-order valence-electron chi connectivity index (χ3n) is 6.38. The molecule has 0 heterocycles. The van der Waals surface area contributed by atoms with E-state index in [2.05, 4.69) is 5.32 Å². The molecular weight excluding hydrogens is 586 g/mol. The molecule has 0 saturated heterocycles. The van der Waals surface area contributed by atoms with Crippen LogP contribution in [0.1, 0.15) is 49.9 Å². The number of hydrogen-bond donors (Lipinski definition) is 1. The number of allylic oxidation sites excluding steroid dienone is 1. The van der Waals surface area contributed by atoms with Gasteiger partial charge in [0.25, 0.3) is 0 Å². The van der Waals surface area contributed by atoms with E-state index in [4.69, 9.17) is 30.5 Å². The maximum absolute atomic E-state index is 14.3. The third kappa shape index (κ3) is 9.70. The van der Waals surface area contributed by atoms with E-state index in [0.717, 1.165) is 6.08 Å². The summed E-state index contributed by atoms with van der Waals surface area (Å²) >= 11 is 6.34. The Kier molecular flexibility index (Phi) is 12.1. The summed E-state index contributed by atoms with van der Waals surface area (Å²) in [4.78, 5) is 53.9. The summed E-state index contributed by atoms with van der Waals surface area (Å²) in [5.74, 6) is -2.72. The predicted octanol–water partition coefficient (Wildman–Crippen LogP) is 6.50. The predicted molar refractivity (Wildman–Crippen MR) is 164 cm³/mol. The van der Waals surface area contributed by atoms with Crippen molar-refractivity contribution in [1.82, 2.24) is 5.32 Å². The zero-order chi connectivity index (χ0) is 32.2. The molecule has 0 unspecified atom stereocenters. The van der Waals surface area contributed by atoms with E-state index in [1.54, 1.807) is 87.5 Å². The first kappa shape index (κ1) is 33.9. The van der Waals surface area contributed by atoms with E-state index >= 15 is 0 Å². The number of benzene rings is 3. The summed E-state index contributed by atoms with van der Waals surface area (Å²) in [6, 6.07) is 22.7. The number of nitrogens with one attached hydrogen (secondary N) is 1. The highest BCUT2D eigenvalue weighted by atomic mass is 35.5. The number of carbonyl (C=O) groups excluding carboxylic acids is 4. The lowest BCUT2D eigenvalue weighted by atomic mass is 9.73. The Hall–Kier alpha value is -4.63. The lowest BCUT2D eigenvalue weighted by Gasteiger charge is -2.37. The molecule has 1 amide bonds. The van der Waals surface area contributed by atoms with Crippen LogP contribution < -0.4 is 5.32 Å². The Morgan fingerprint density at radius 2 is 1.36 bits per heavy atom. The standard InChI is InChI=1S/C34H36ClNO8/c1-33(2,3)44-32(40)36-29(26-17-11-18-27(35)21-26)34(20-12-19-28(37)41-4,30(38)42-22-24-13-7-5-8-14-24)31(39)43-23-25-15-9-6-10-16-25/h5-19,21,29H,20,22-23H2,1-4H3,(H,36,40)/b19-12+/t29-/m1/s1. The molecule has 3 aromatic carbocycles. The van der Waals surface area contributed by atoms with E-state index in [1.807, 2.05) is 12.1 Å². The molecule has 0 radical (unpaired) electrons. The van der Waals surface area contributed by atoms with Crippen LogP contribution in [0.4, 0.5) is 4.79 Å². The summed E-state index contributed by atoms with van der Waals surface area (Å²) in [5.41, 5.74) is -1.54. The fraction of sp³-hybridized carbons (Fsp3) is 0.294. The molecule has 9 nitrogen and oxygen atoms in total. The molecule has 232 valence electrons. The van der Waals surface area contributed by atoms with Crippen LogP contribution in [-0.4, -0.2) is 36.7 Å². The first-order chi connectivity index (χ1) is 20.9. The van der Waals surface area contributed by atoms with Gasteiger partial charge < -0.3 is 24.3 Å². The Morgan fingerprint density at radius 1 is 0.818 bits per heavy atom. The van der Waals surface area contributed by atoms with E-state index in [1.165, 1.54) is 19.3 Å². The molecule has 1 atom stereocenters. The largest absolute Gasteiger partial charge is 0.466 e. The fourth-order valence-corrected chi connectivity index (χ4v) is 4.52. The molecular formula is C34H36ClNO8. The molecule has 0 aliphatic carbocycles. The molecule has 0 aliphatic heterocycles. The third-order valence-corrected chi connectivity index (χ3v) is 6.62. The van der Waals surface area contributed by atoms with Crippen molar-refractivity contribution >= 4 is 35.6 Å². The molecule has 0 aliphatic rings. The first-order valence-electron chi connectivity index (χ1n) is 13.9. The number of rotatable bonds is 12. The number of hydrogen-bond acceptors (Lipinski definition) is 8. The monoisotopic (exact) mass is 621 g/mol. The van der Waals surface area contributed by atoms with E-state index in [9.17, 15) is 19.2 Å². The van der Waals surface area contributed by atoms with Crippen LogP contribution in [0, 0.1) is 5.41 Å². The number of halogens is 1. The topological polar surface area (TPSA) is 117 Å². The van der Waals surface area contributed by atoms with Crippen LogP contribution >= 0.6 is 11.6 Å². The molecule has 0 saturated carbocycles. The smallest absolute Gasteiger partial charge is 0.408 e.